The first-order chi connectivity index (χ1) is 8.72. The summed E-state index contributed by atoms with van der Waals surface area (Å²) in [4.78, 5) is 2.49. The van der Waals surface area contributed by atoms with E-state index in [9.17, 15) is 5.11 Å². The molecule has 0 spiro atoms. The molecule has 3 nitrogen and oxygen atoms in total. The summed E-state index contributed by atoms with van der Waals surface area (Å²) in [5.74, 6) is 0.548. The van der Waals surface area contributed by atoms with Gasteiger partial charge in [0.2, 0.25) is 0 Å². The van der Waals surface area contributed by atoms with E-state index >= 15 is 0 Å². The fraction of sp³-hybridized carbons (Fsp3) is 0.571. The summed E-state index contributed by atoms with van der Waals surface area (Å²) in [6, 6.07) is 7.75. The van der Waals surface area contributed by atoms with Crippen LogP contribution in [0, 0.1) is 5.92 Å². The Balaban J connectivity index is 1.81. The van der Waals surface area contributed by atoms with Gasteiger partial charge < -0.3 is 15.3 Å². The Labute approximate surface area is 113 Å². The first-order valence-corrected chi connectivity index (χ1v) is 6.97. The maximum Gasteiger partial charge on any atom is 0.0665 e. The van der Waals surface area contributed by atoms with Crippen LogP contribution in [0.5, 0.6) is 0 Å². The number of nitrogens with zero attached hydrogens (tertiary/aromatic N) is 1. The number of nitrogens with one attached hydrogen (secondary N) is 1. The second-order valence-electron chi connectivity index (χ2n) is 5.48. The number of aliphatic hydroxyl groups is 1. The molecule has 2 saturated heterocycles. The molecule has 0 amide bonds. The van der Waals surface area contributed by atoms with Gasteiger partial charge in [0.05, 0.1) is 12.1 Å². The molecule has 3 atom stereocenters. The predicted octanol–water partition coefficient (Wildman–Crippen LogP) is 2.21. The number of benzene rings is 1. The van der Waals surface area contributed by atoms with Crippen LogP contribution in [0.15, 0.2) is 24.3 Å². The topological polar surface area (TPSA) is 35.5 Å². The number of fused-ring (bicyclic) bond motifs is 2. The minimum atomic E-state index is -0.152. The average molecular weight is 267 g/mol. The number of anilines is 1. The van der Waals surface area contributed by atoms with Gasteiger partial charge in [-0.25, -0.2) is 0 Å². The molecule has 1 aromatic carbocycles. The van der Waals surface area contributed by atoms with Gasteiger partial charge in [0, 0.05) is 23.8 Å². The highest BCUT2D eigenvalue weighted by Crippen LogP contribution is 2.37. The van der Waals surface area contributed by atoms with Crippen molar-refractivity contribution >= 4 is 17.3 Å². The van der Waals surface area contributed by atoms with Crippen molar-refractivity contribution in [1.29, 1.82) is 0 Å². The number of halogens is 1. The van der Waals surface area contributed by atoms with Gasteiger partial charge in [-0.1, -0.05) is 11.6 Å². The first kappa shape index (κ1) is 12.3. The molecule has 2 fully saturated rings. The molecule has 2 N–H and O–H groups in total. The van der Waals surface area contributed by atoms with Crippen molar-refractivity contribution in [1.82, 2.24) is 4.90 Å². The van der Waals surface area contributed by atoms with Crippen molar-refractivity contribution in [2.24, 2.45) is 5.92 Å². The molecular formula is C14H19ClN2O. The van der Waals surface area contributed by atoms with E-state index in [-0.39, 0.29) is 12.1 Å². The molecule has 2 aliphatic rings. The molecule has 0 radical (unpaired) electrons. The molecule has 3 unspecified atom stereocenters. The SMILES string of the molecule is OCC1(Nc2ccc(Cl)cc2)CCN2CCC1C2. The molecule has 2 aliphatic heterocycles. The van der Waals surface area contributed by atoms with E-state index in [4.69, 9.17) is 11.6 Å². The zero-order valence-electron chi connectivity index (χ0n) is 10.4. The zero-order chi connectivity index (χ0) is 12.6. The Morgan fingerprint density at radius 2 is 2.11 bits per heavy atom. The minimum Gasteiger partial charge on any atom is -0.394 e. The summed E-state index contributed by atoms with van der Waals surface area (Å²) in [7, 11) is 0. The summed E-state index contributed by atoms with van der Waals surface area (Å²) in [6.07, 6.45) is 2.19. The van der Waals surface area contributed by atoms with Crippen molar-refractivity contribution < 1.29 is 5.11 Å². The highest BCUT2D eigenvalue weighted by Gasteiger charge is 2.45. The van der Waals surface area contributed by atoms with Crippen LogP contribution in [0.4, 0.5) is 5.69 Å². The van der Waals surface area contributed by atoms with Crippen molar-refractivity contribution in [2.75, 3.05) is 31.6 Å². The maximum absolute atomic E-state index is 9.87. The number of piperidine rings is 1. The van der Waals surface area contributed by atoms with Crippen LogP contribution < -0.4 is 5.32 Å². The standard InChI is InChI=1S/C14H19ClN2O/c15-12-1-3-13(4-2-12)16-14(10-18)6-8-17-7-5-11(14)9-17/h1-4,11,16,18H,5-10H2. The average Bonchev–Trinajstić information content (AvgIpc) is 2.81. The van der Waals surface area contributed by atoms with E-state index in [1.807, 2.05) is 24.3 Å². The Kier molecular flexibility index (Phi) is 3.22. The predicted molar refractivity (Wildman–Crippen MR) is 74.1 cm³/mol. The van der Waals surface area contributed by atoms with Crippen LogP contribution in [0.2, 0.25) is 5.02 Å². The first-order valence-electron chi connectivity index (χ1n) is 6.59. The van der Waals surface area contributed by atoms with Gasteiger partial charge >= 0.3 is 0 Å². The lowest BCUT2D eigenvalue weighted by Crippen LogP contribution is -2.54. The van der Waals surface area contributed by atoms with Crippen molar-refractivity contribution in [3.63, 3.8) is 0 Å². The van der Waals surface area contributed by atoms with Crippen LogP contribution in [0.25, 0.3) is 0 Å². The van der Waals surface area contributed by atoms with Gasteiger partial charge in [0.1, 0.15) is 0 Å². The molecule has 0 saturated carbocycles. The lowest BCUT2D eigenvalue weighted by atomic mass is 9.79. The number of hydrogen-bond acceptors (Lipinski definition) is 3. The van der Waals surface area contributed by atoms with Crippen LogP contribution in [-0.2, 0) is 0 Å². The normalized spacial score (nSPS) is 34.6. The Morgan fingerprint density at radius 1 is 1.33 bits per heavy atom. The minimum absolute atomic E-state index is 0.152. The van der Waals surface area contributed by atoms with Crippen molar-refractivity contribution in [3.05, 3.63) is 29.3 Å². The third-order valence-corrected chi connectivity index (χ3v) is 4.70. The van der Waals surface area contributed by atoms with Gasteiger partial charge in [0.15, 0.2) is 0 Å². The van der Waals surface area contributed by atoms with Crippen molar-refractivity contribution in [2.45, 2.75) is 18.4 Å². The molecule has 4 heteroatoms. The summed E-state index contributed by atoms with van der Waals surface area (Å²) in [5, 5.41) is 14.2. The molecule has 3 rings (SSSR count). The van der Waals surface area contributed by atoms with E-state index in [0.29, 0.717) is 5.92 Å². The summed E-state index contributed by atoms with van der Waals surface area (Å²) < 4.78 is 0. The second kappa shape index (κ2) is 4.72. The van der Waals surface area contributed by atoms with E-state index in [1.165, 1.54) is 13.0 Å². The van der Waals surface area contributed by atoms with E-state index < -0.39 is 0 Å². The Morgan fingerprint density at radius 3 is 2.83 bits per heavy atom. The van der Waals surface area contributed by atoms with Crippen LogP contribution in [-0.4, -0.2) is 41.8 Å². The molecule has 98 valence electrons. The monoisotopic (exact) mass is 266 g/mol. The zero-order valence-corrected chi connectivity index (χ0v) is 11.2. The Hall–Kier alpha value is -0.770. The smallest absolute Gasteiger partial charge is 0.0665 e. The lowest BCUT2D eigenvalue weighted by Gasteiger charge is -2.43. The number of aliphatic hydroxyl groups excluding tert-OH is 1. The van der Waals surface area contributed by atoms with Gasteiger partial charge in [-0.05, 0) is 49.6 Å². The van der Waals surface area contributed by atoms with Crippen LogP contribution >= 0.6 is 11.6 Å². The maximum atomic E-state index is 9.87. The summed E-state index contributed by atoms with van der Waals surface area (Å²) in [6.45, 7) is 3.57. The second-order valence-corrected chi connectivity index (χ2v) is 5.92. The molecule has 0 aliphatic carbocycles. The summed E-state index contributed by atoms with van der Waals surface area (Å²) in [5.41, 5.74) is 0.898. The van der Waals surface area contributed by atoms with Crippen LogP contribution in [0.3, 0.4) is 0 Å². The number of hydrogen-bond donors (Lipinski definition) is 2. The van der Waals surface area contributed by atoms with Crippen molar-refractivity contribution in [3.8, 4) is 0 Å². The van der Waals surface area contributed by atoms with E-state index in [2.05, 4.69) is 10.2 Å². The van der Waals surface area contributed by atoms with Gasteiger partial charge in [-0.15, -0.1) is 0 Å². The highest BCUT2D eigenvalue weighted by atomic mass is 35.5. The molecular weight excluding hydrogens is 248 g/mol. The van der Waals surface area contributed by atoms with E-state index in [1.54, 1.807) is 0 Å². The molecule has 1 aromatic rings. The highest BCUT2D eigenvalue weighted by molar-refractivity contribution is 6.30. The summed E-state index contributed by atoms with van der Waals surface area (Å²) >= 11 is 5.90. The molecule has 2 heterocycles. The fourth-order valence-electron chi connectivity index (χ4n) is 3.28. The van der Waals surface area contributed by atoms with Gasteiger partial charge in [-0.2, -0.15) is 0 Å². The molecule has 0 aromatic heterocycles. The third kappa shape index (κ3) is 2.11. The Bertz CT molecular complexity index is 422. The quantitative estimate of drug-likeness (QED) is 0.881. The van der Waals surface area contributed by atoms with Crippen LogP contribution in [0.1, 0.15) is 12.8 Å². The lowest BCUT2D eigenvalue weighted by molar-refractivity contribution is 0.112. The fourth-order valence-corrected chi connectivity index (χ4v) is 3.41. The largest absolute Gasteiger partial charge is 0.394 e. The number of rotatable bonds is 3. The molecule has 18 heavy (non-hydrogen) atoms. The third-order valence-electron chi connectivity index (χ3n) is 4.45. The van der Waals surface area contributed by atoms with Gasteiger partial charge in [-0.3, -0.25) is 0 Å². The van der Waals surface area contributed by atoms with Gasteiger partial charge in [0.25, 0.3) is 0 Å². The van der Waals surface area contributed by atoms with E-state index in [0.717, 1.165) is 30.2 Å². The molecule has 2 bridgehead atoms.